The fourth-order valence-corrected chi connectivity index (χ4v) is 4.32. The first-order valence-corrected chi connectivity index (χ1v) is 11.1. The summed E-state index contributed by atoms with van der Waals surface area (Å²) >= 11 is 5.90. The highest BCUT2D eigenvalue weighted by atomic mass is 35.5. The van der Waals surface area contributed by atoms with Crippen LogP contribution in [-0.4, -0.2) is 53.7 Å². The van der Waals surface area contributed by atoms with Crippen molar-refractivity contribution in [2.45, 2.75) is 25.7 Å². The van der Waals surface area contributed by atoms with Gasteiger partial charge in [-0.1, -0.05) is 11.6 Å². The van der Waals surface area contributed by atoms with Crippen LogP contribution in [-0.2, 0) is 4.79 Å². The summed E-state index contributed by atoms with van der Waals surface area (Å²) in [7, 11) is 0. The molecule has 0 aliphatic carbocycles. The molecule has 162 valence electrons. The van der Waals surface area contributed by atoms with E-state index in [2.05, 4.69) is 5.32 Å². The van der Waals surface area contributed by atoms with Crippen LogP contribution < -0.4 is 5.32 Å². The lowest BCUT2D eigenvalue weighted by Gasteiger charge is -2.32. The van der Waals surface area contributed by atoms with Gasteiger partial charge in [0, 0.05) is 48.0 Å². The molecule has 0 aromatic heterocycles. The van der Waals surface area contributed by atoms with Crippen LogP contribution in [0, 0.1) is 5.92 Å². The molecule has 1 N–H and O–H groups in total. The van der Waals surface area contributed by atoms with Gasteiger partial charge >= 0.3 is 0 Å². The quantitative estimate of drug-likeness (QED) is 0.780. The Morgan fingerprint density at radius 3 is 1.97 bits per heavy atom. The maximum atomic E-state index is 12.8. The van der Waals surface area contributed by atoms with Gasteiger partial charge in [0.15, 0.2) is 0 Å². The molecule has 2 saturated heterocycles. The largest absolute Gasteiger partial charge is 0.339 e. The topological polar surface area (TPSA) is 69.7 Å². The lowest BCUT2D eigenvalue weighted by molar-refractivity contribution is -0.121. The summed E-state index contributed by atoms with van der Waals surface area (Å²) in [5.74, 6) is -0.416. The van der Waals surface area contributed by atoms with Crippen molar-refractivity contribution >= 4 is 35.0 Å². The van der Waals surface area contributed by atoms with Crippen LogP contribution in [0.25, 0.3) is 0 Å². The summed E-state index contributed by atoms with van der Waals surface area (Å²) in [5, 5.41) is 3.52. The first-order valence-electron chi connectivity index (χ1n) is 10.8. The van der Waals surface area contributed by atoms with Crippen molar-refractivity contribution in [2.75, 3.05) is 31.5 Å². The number of anilines is 1. The Labute approximate surface area is 187 Å². The van der Waals surface area contributed by atoms with Crippen molar-refractivity contribution in [3.05, 3.63) is 64.7 Å². The fraction of sp³-hybridized carbons (Fsp3) is 0.375. The van der Waals surface area contributed by atoms with E-state index in [0.29, 0.717) is 34.9 Å². The molecule has 2 fully saturated rings. The van der Waals surface area contributed by atoms with Crippen LogP contribution in [0.1, 0.15) is 46.4 Å². The van der Waals surface area contributed by atoms with Gasteiger partial charge in [-0.05, 0) is 74.2 Å². The Morgan fingerprint density at radius 2 is 1.32 bits per heavy atom. The first-order chi connectivity index (χ1) is 15.0. The van der Waals surface area contributed by atoms with Gasteiger partial charge in [-0.2, -0.15) is 0 Å². The van der Waals surface area contributed by atoms with Crippen LogP contribution in [0.3, 0.4) is 0 Å². The van der Waals surface area contributed by atoms with Crippen molar-refractivity contribution < 1.29 is 14.4 Å². The van der Waals surface area contributed by atoms with E-state index in [4.69, 9.17) is 11.6 Å². The van der Waals surface area contributed by atoms with Gasteiger partial charge in [0.05, 0.1) is 5.92 Å². The normalized spacial score (nSPS) is 18.7. The Morgan fingerprint density at radius 1 is 0.774 bits per heavy atom. The number of nitrogens with zero attached hydrogens (tertiary/aromatic N) is 2. The summed E-state index contributed by atoms with van der Waals surface area (Å²) in [5.41, 5.74) is 1.87. The Balaban J connectivity index is 1.35. The van der Waals surface area contributed by atoms with Gasteiger partial charge in [-0.25, -0.2) is 0 Å². The van der Waals surface area contributed by atoms with Crippen LogP contribution in [0.5, 0.6) is 0 Å². The number of hydrogen-bond acceptors (Lipinski definition) is 3. The first kappa shape index (κ1) is 21.4. The molecular weight excluding hydrogens is 414 g/mol. The number of benzene rings is 2. The third-order valence-corrected chi connectivity index (χ3v) is 6.22. The lowest BCUT2D eigenvalue weighted by Crippen LogP contribution is -2.43. The summed E-state index contributed by atoms with van der Waals surface area (Å²) in [6.45, 7) is 2.64. The predicted molar refractivity (Wildman–Crippen MR) is 120 cm³/mol. The monoisotopic (exact) mass is 439 g/mol. The highest BCUT2D eigenvalue weighted by molar-refractivity contribution is 6.30. The molecule has 31 heavy (non-hydrogen) atoms. The van der Waals surface area contributed by atoms with Gasteiger partial charge in [0.1, 0.15) is 0 Å². The molecule has 7 heteroatoms. The summed E-state index contributed by atoms with van der Waals surface area (Å²) < 4.78 is 0. The van der Waals surface area contributed by atoms with Gasteiger partial charge in [-0.3, -0.25) is 14.4 Å². The number of carbonyl (C=O) groups is 3. The van der Waals surface area contributed by atoms with Gasteiger partial charge in [-0.15, -0.1) is 0 Å². The van der Waals surface area contributed by atoms with E-state index in [1.54, 1.807) is 53.4 Å². The number of hydrogen-bond donors (Lipinski definition) is 1. The zero-order valence-electron chi connectivity index (χ0n) is 17.4. The average molecular weight is 440 g/mol. The Bertz CT molecular complexity index is 953. The van der Waals surface area contributed by atoms with Gasteiger partial charge in [0.2, 0.25) is 5.91 Å². The molecule has 1 atom stereocenters. The number of amides is 3. The Hall–Kier alpha value is -2.86. The minimum Gasteiger partial charge on any atom is -0.339 e. The van der Waals surface area contributed by atoms with E-state index in [9.17, 15) is 14.4 Å². The summed E-state index contributed by atoms with van der Waals surface area (Å²) in [6.07, 6.45) is 3.63. The number of halogens is 1. The number of rotatable bonds is 4. The molecule has 2 aromatic carbocycles. The minimum absolute atomic E-state index is 0.0408. The van der Waals surface area contributed by atoms with E-state index in [1.807, 2.05) is 4.90 Å². The van der Waals surface area contributed by atoms with E-state index in [1.165, 1.54) is 0 Å². The maximum Gasteiger partial charge on any atom is 0.253 e. The molecule has 0 bridgehead atoms. The second-order valence-corrected chi connectivity index (χ2v) is 8.60. The molecule has 0 radical (unpaired) electrons. The smallest absolute Gasteiger partial charge is 0.253 e. The second-order valence-electron chi connectivity index (χ2n) is 8.16. The van der Waals surface area contributed by atoms with Crippen LogP contribution in [0.15, 0.2) is 48.5 Å². The molecule has 3 amide bonds. The molecular formula is C24H26ClN3O3. The van der Waals surface area contributed by atoms with Crippen LogP contribution >= 0.6 is 11.6 Å². The standard InChI is InChI=1S/C24H26ClN3O3/c25-20-9-5-17(6-10-20)24(31)28-15-3-4-19(16-28)22(29)26-21-11-7-18(8-12-21)23(30)27-13-1-2-14-27/h5-12,19H,1-4,13-16H2,(H,26,29). The lowest BCUT2D eigenvalue weighted by atomic mass is 9.96. The second kappa shape index (κ2) is 9.52. The zero-order valence-corrected chi connectivity index (χ0v) is 18.1. The Kier molecular flexibility index (Phi) is 6.56. The molecule has 0 saturated carbocycles. The minimum atomic E-state index is -0.268. The van der Waals surface area contributed by atoms with Gasteiger partial charge < -0.3 is 15.1 Å². The molecule has 2 aromatic rings. The number of nitrogens with one attached hydrogen (secondary N) is 1. The SMILES string of the molecule is O=C(Nc1ccc(C(=O)N2CCCC2)cc1)C1CCCN(C(=O)c2ccc(Cl)cc2)C1. The molecule has 4 rings (SSSR count). The number of carbonyl (C=O) groups excluding carboxylic acids is 3. The summed E-state index contributed by atoms with van der Waals surface area (Å²) in [4.78, 5) is 41.6. The van der Waals surface area contributed by atoms with E-state index in [-0.39, 0.29) is 23.6 Å². The highest BCUT2D eigenvalue weighted by Gasteiger charge is 2.29. The highest BCUT2D eigenvalue weighted by Crippen LogP contribution is 2.22. The van der Waals surface area contributed by atoms with E-state index < -0.39 is 0 Å². The predicted octanol–water partition coefficient (Wildman–Crippen LogP) is 4.07. The molecule has 1 unspecified atom stereocenters. The van der Waals surface area contributed by atoms with Crippen LogP contribution in [0.4, 0.5) is 5.69 Å². The van der Waals surface area contributed by atoms with Crippen molar-refractivity contribution in [2.24, 2.45) is 5.92 Å². The van der Waals surface area contributed by atoms with E-state index >= 15 is 0 Å². The van der Waals surface area contributed by atoms with Gasteiger partial charge in [0.25, 0.3) is 11.8 Å². The van der Waals surface area contributed by atoms with E-state index in [0.717, 1.165) is 38.8 Å². The van der Waals surface area contributed by atoms with Crippen molar-refractivity contribution in [1.29, 1.82) is 0 Å². The number of likely N-dealkylation sites (tertiary alicyclic amines) is 2. The molecule has 2 aliphatic rings. The van der Waals surface area contributed by atoms with Crippen molar-refractivity contribution in [3.63, 3.8) is 0 Å². The molecule has 2 heterocycles. The molecule has 0 spiro atoms. The molecule has 2 aliphatic heterocycles. The van der Waals surface area contributed by atoms with Crippen molar-refractivity contribution in [3.8, 4) is 0 Å². The third kappa shape index (κ3) is 5.07. The zero-order chi connectivity index (χ0) is 21.8. The molecule has 6 nitrogen and oxygen atoms in total. The third-order valence-electron chi connectivity index (χ3n) is 5.96. The fourth-order valence-electron chi connectivity index (χ4n) is 4.19. The number of piperidine rings is 1. The maximum absolute atomic E-state index is 12.8. The van der Waals surface area contributed by atoms with Crippen LogP contribution in [0.2, 0.25) is 5.02 Å². The summed E-state index contributed by atoms with van der Waals surface area (Å²) in [6, 6.07) is 13.9. The average Bonchev–Trinajstić information content (AvgIpc) is 3.34. The van der Waals surface area contributed by atoms with Crippen molar-refractivity contribution in [1.82, 2.24) is 9.80 Å².